The molecule has 0 saturated carbocycles. The molecule has 5 rings (SSSR count). The van der Waals surface area contributed by atoms with Crippen LogP contribution in [0.5, 0.6) is 0 Å². The van der Waals surface area contributed by atoms with Crippen molar-refractivity contribution in [2.75, 3.05) is 113 Å². The molecule has 0 aromatic rings. The van der Waals surface area contributed by atoms with E-state index < -0.39 is 0 Å². The Morgan fingerprint density at radius 3 is 1.11 bits per heavy atom. The van der Waals surface area contributed by atoms with E-state index in [1.807, 2.05) is 7.05 Å². The van der Waals surface area contributed by atoms with Crippen molar-refractivity contribution < 1.29 is 0 Å². The van der Waals surface area contributed by atoms with E-state index in [1.165, 1.54) is 136 Å². The van der Waals surface area contributed by atoms with E-state index in [1.54, 1.807) is 0 Å². The van der Waals surface area contributed by atoms with Crippen molar-refractivity contribution in [3.05, 3.63) is 24.8 Å². The molecule has 5 saturated heterocycles. The molecule has 0 bridgehead atoms. The molecule has 388 valence electrons. The number of piperazine rings is 1. The summed E-state index contributed by atoms with van der Waals surface area (Å²) in [5, 5.41) is 6.53. The molecule has 0 aromatic heterocycles. The molecule has 5 aliphatic heterocycles. The lowest BCUT2D eigenvalue weighted by atomic mass is 9.98. The second-order valence-corrected chi connectivity index (χ2v) is 21.7. The van der Waals surface area contributed by atoms with E-state index in [4.69, 9.17) is 11.5 Å². The molecular weight excluding hydrogens is 805 g/mol. The van der Waals surface area contributed by atoms with Crippen molar-refractivity contribution in [1.82, 2.24) is 49.8 Å². The number of likely N-dealkylation sites (tertiary alicyclic amines) is 4. The average molecular weight is 922 g/mol. The minimum absolute atomic E-state index is 0.535. The Bertz CT molecular complexity index is 1100. The van der Waals surface area contributed by atoms with Gasteiger partial charge in [0.15, 0.2) is 0 Å². The lowest BCUT2D eigenvalue weighted by Crippen LogP contribution is -2.48. The Morgan fingerprint density at radius 1 is 0.523 bits per heavy atom. The van der Waals surface area contributed by atoms with Crippen LogP contribution in [0, 0.1) is 5.92 Å². The number of hydrogen-bond acceptors (Lipinski definition) is 12. The summed E-state index contributed by atoms with van der Waals surface area (Å²) in [4.78, 5) is 19.5. The first-order valence-corrected chi connectivity index (χ1v) is 26.6. The summed E-state index contributed by atoms with van der Waals surface area (Å²) in [5.74, 6) is 2.26. The summed E-state index contributed by atoms with van der Waals surface area (Å²) >= 11 is 0. The number of hydrogen-bond donors (Lipinski definition) is 4. The lowest BCUT2D eigenvalue weighted by Gasteiger charge is -2.39. The third kappa shape index (κ3) is 29.1. The third-order valence-electron chi connectivity index (χ3n) is 14.7. The topological polar surface area (TPSA) is 102 Å². The van der Waals surface area contributed by atoms with Crippen LogP contribution in [0.2, 0.25) is 0 Å². The van der Waals surface area contributed by atoms with Crippen LogP contribution in [-0.4, -0.2) is 207 Å². The molecular formula is C53H116N12. The van der Waals surface area contributed by atoms with Crippen LogP contribution in [-0.2, 0) is 0 Å². The monoisotopic (exact) mass is 921 g/mol. The van der Waals surface area contributed by atoms with E-state index in [2.05, 4.69) is 181 Å². The van der Waals surface area contributed by atoms with Crippen LogP contribution in [0.25, 0.3) is 0 Å². The lowest BCUT2D eigenvalue weighted by molar-refractivity contribution is 0.112. The van der Waals surface area contributed by atoms with Crippen molar-refractivity contribution in [1.29, 1.82) is 0 Å². The average Bonchev–Trinajstić information content (AvgIpc) is 3.27. The highest BCUT2D eigenvalue weighted by atomic mass is 15.3. The molecule has 6 N–H and O–H groups in total. The maximum Gasteiger partial charge on any atom is 0.0912 e. The molecule has 0 spiro atoms. The quantitative estimate of drug-likeness (QED) is 0.158. The fourth-order valence-electron chi connectivity index (χ4n) is 8.69. The van der Waals surface area contributed by atoms with E-state index in [0.29, 0.717) is 41.9 Å². The highest BCUT2D eigenvalue weighted by molar-refractivity contribution is 4.92. The standard InChI is InChI=1S/C11H23N3.C10H21N3.2C9H20N2.C9H19N.C5H13N/c1-9(2)14-7-5-11(6-8-14)13(4)10(3)12;1-8(2)13-6-4-10(5-7-13)12-9(3)11;1-8(2)11-6-4-9(10-3)5-7-11;1-4-10-5-7-11(8-6-10)9(2)3;1-8(2)10-6-4-9(3)5-7-10;1-5(2)6(3)4/h9,11H,3,5-8,12H2,1-2,4H3;8,10,12H,3-7,11H2,1-2H3;8-10H,4-7H2,1-3H3;9H,4-8H2,1-3H3;8-9H,4-7H2,1-3H3;5H,1-4H3. The van der Waals surface area contributed by atoms with Gasteiger partial charge in [-0.3, -0.25) is 4.90 Å². The van der Waals surface area contributed by atoms with Gasteiger partial charge in [-0.2, -0.15) is 0 Å². The predicted molar refractivity (Wildman–Crippen MR) is 289 cm³/mol. The SMILES string of the molecule is C=C(N)N(C)C1CCN(C(C)C)CC1.C=C(N)NC1CCN(C(C)C)CC1.CC(C)N(C)C.CC1CCN(C(C)C)CC1.CCN1CCN(C(C)C)CC1.CNC1CCN(C(C)C)CC1. The Hall–Kier alpha value is -1.64. The van der Waals surface area contributed by atoms with Gasteiger partial charge in [-0.1, -0.05) is 27.0 Å². The number of likely N-dealkylation sites (N-methyl/N-ethyl adjacent to an activating group) is 1. The highest BCUT2D eigenvalue weighted by Crippen LogP contribution is 2.19. The molecule has 65 heavy (non-hydrogen) atoms. The zero-order valence-electron chi connectivity index (χ0n) is 46.8. The first-order valence-electron chi connectivity index (χ1n) is 26.6. The third-order valence-corrected chi connectivity index (χ3v) is 14.7. The summed E-state index contributed by atoms with van der Waals surface area (Å²) in [6.45, 7) is 55.2. The maximum atomic E-state index is 5.68. The van der Waals surface area contributed by atoms with E-state index in [0.717, 1.165) is 30.1 Å². The van der Waals surface area contributed by atoms with Crippen LogP contribution in [0.15, 0.2) is 24.8 Å². The number of piperidine rings is 4. The van der Waals surface area contributed by atoms with Gasteiger partial charge in [-0.05, 0) is 194 Å². The molecule has 5 aliphatic rings. The number of rotatable bonds is 12. The van der Waals surface area contributed by atoms with Crippen LogP contribution in [0.4, 0.5) is 0 Å². The zero-order chi connectivity index (χ0) is 49.8. The minimum atomic E-state index is 0.535. The Morgan fingerprint density at radius 2 is 0.831 bits per heavy atom. The van der Waals surface area contributed by atoms with Crippen molar-refractivity contribution >= 4 is 0 Å². The normalized spacial score (nSPS) is 20.9. The second kappa shape index (κ2) is 35.5. The highest BCUT2D eigenvalue weighted by Gasteiger charge is 2.24. The Labute approximate surface area is 406 Å². The van der Waals surface area contributed by atoms with Crippen molar-refractivity contribution in [3.63, 3.8) is 0 Å². The van der Waals surface area contributed by atoms with Gasteiger partial charge in [0.25, 0.3) is 0 Å². The predicted octanol–water partition coefficient (Wildman–Crippen LogP) is 7.29. The van der Waals surface area contributed by atoms with Gasteiger partial charge in [0, 0.05) is 114 Å². The van der Waals surface area contributed by atoms with Gasteiger partial charge in [0.1, 0.15) is 0 Å². The Kier molecular flexibility index (Phi) is 34.6. The summed E-state index contributed by atoms with van der Waals surface area (Å²) in [5.41, 5.74) is 11.2. The molecule has 0 amide bonds. The molecule has 0 aliphatic carbocycles. The minimum Gasteiger partial charge on any atom is -0.386 e. The fraction of sp³-hybridized carbons (Fsp3) is 0.925. The number of nitrogens with two attached hydrogens (primary N) is 2. The van der Waals surface area contributed by atoms with Gasteiger partial charge in [-0.15, -0.1) is 0 Å². The van der Waals surface area contributed by atoms with E-state index in [-0.39, 0.29) is 0 Å². The molecule has 5 heterocycles. The van der Waals surface area contributed by atoms with Crippen LogP contribution >= 0.6 is 0 Å². The largest absolute Gasteiger partial charge is 0.386 e. The molecule has 0 aromatic carbocycles. The summed E-state index contributed by atoms with van der Waals surface area (Å²) < 4.78 is 0. The van der Waals surface area contributed by atoms with E-state index in [9.17, 15) is 0 Å². The first kappa shape index (κ1) is 63.4. The van der Waals surface area contributed by atoms with Gasteiger partial charge in [0.05, 0.1) is 11.6 Å². The van der Waals surface area contributed by atoms with Gasteiger partial charge < -0.3 is 56.4 Å². The maximum absolute atomic E-state index is 5.68. The molecule has 12 nitrogen and oxygen atoms in total. The fourth-order valence-corrected chi connectivity index (χ4v) is 8.69. The molecule has 12 heteroatoms. The van der Waals surface area contributed by atoms with E-state index >= 15 is 0 Å². The van der Waals surface area contributed by atoms with Crippen molar-refractivity contribution in [2.24, 2.45) is 17.4 Å². The summed E-state index contributed by atoms with van der Waals surface area (Å²) in [6.07, 6.45) is 10.2. The molecule has 0 radical (unpaired) electrons. The molecule has 5 fully saturated rings. The van der Waals surface area contributed by atoms with Crippen LogP contribution in [0.3, 0.4) is 0 Å². The van der Waals surface area contributed by atoms with Crippen molar-refractivity contribution in [2.45, 2.75) is 203 Å². The smallest absolute Gasteiger partial charge is 0.0912 e. The number of nitrogens with one attached hydrogen (secondary N) is 2. The van der Waals surface area contributed by atoms with Crippen LogP contribution < -0.4 is 22.1 Å². The molecule has 0 unspecified atom stereocenters. The molecule has 0 atom stereocenters. The van der Waals surface area contributed by atoms with Gasteiger partial charge in [-0.25, -0.2) is 0 Å². The van der Waals surface area contributed by atoms with Crippen LogP contribution in [0.1, 0.15) is 148 Å². The Balaban J connectivity index is 0.000000767. The summed E-state index contributed by atoms with van der Waals surface area (Å²) in [6, 6.07) is 6.13. The number of nitrogens with zero attached hydrogens (tertiary/aromatic N) is 8. The van der Waals surface area contributed by atoms with Gasteiger partial charge in [0.2, 0.25) is 0 Å². The second-order valence-electron chi connectivity index (χ2n) is 21.7. The first-order chi connectivity index (χ1) is 30.4. The zero-order valence-corrected chi connectivity index (χ0v) is 46.8. The van der Waals surface area contributed by atoms with Crippen molar-refractivity contribution in [3.8, 4) is 0 Å². The van der Waals surface area contributed by atoms with Gasteiger partial charge >= 0.3 is 0 Å². The summed E-state index contributed by atoms with van der Waals surface area (Å²) in [7, 11) is 8.25.